The van der Waals surface area contributed by atoms with E-state index in [4.69, 9.17) is 19.4 Å². The SMILES string of the molecule is c1ccc(-c2ccc3ccc(-c4nc(-c5cccc6oc7ccccc7c56)nc(-c5cccc6sc7ccccc7c56)n4)cc3c2)cc1. The summed E-state index contributed by atoms with van der Waals surface area (Å²) in [5, 5.41) is 6.71. The number of para-hydroxylation sites is 1. The van der Waals surface area contributed by atoms with Crippen molar-refractivity contribution in [1.82, 2.24) is 15.0 Å². The fourth-order valence-electron chi connectivity index (χ4n) is 6.86. The molecule has 10 rings (SSSR count). The number of hydrogen-bond donors (Lipinski definition) is 0. The molecule has 0 spiro atoms. The molecular weight excluding hydrogens is 607 g/mol. The van der Waals surface area contributed by atoms with Gasteiger partial charge in [0.15, 0.2) is 17.5 Å². The van der Waals surface area contributed by atoms with Crippen LogP contribution in [0, 0.1) is 0 Å². The molecule has 0 aliphatic rings. The van der Waals surface area contributed by atoms with Crippen LogP contribution < -0.4 is 0 Å². The Morgan fingerprint density at radius 1 is 0.396 bits per heavy atom. The molecule has 0 saturated heterocycles. The van der Waals surface area contributed by atoms with Crippen molar-refractivity contribution < 1.29 is 4.42 Å². The molecule has 0 N–H and O–H groups in total. The molecule has 0 bridgehead atoms. The molecule has 10 aromatic rings. The van der Waals surface area contributed by atoms with Gasteiger partial charge in [0.2, 0.25) is 0 Å². The largest absolute Gasteiger partial charge is 0.456 e. The first-order valence-corrected chi connectivity index (χ1v) is 16.8. The van der Waals surface area contributed by atoms with Gasteiger partial charge < -0.3 is 4.42 Å². The van der Waals surface area contributed by atoms with Gasteiger partial charge in [-0.1, -0.05) is 115 Å². The summed E-state index contributed by atoms with van der Waals surface area (Å²) in [4.78, 5) is 15.6. The van der Waals surface area contributed by atoms with Crippen LogP contribution in [0.4, 0.5) is 0 Å². The van der Waals surface area contributed by atoms with Crippen molar-refractivity contribution in [2.24, 2.45) is 0 Å². The van der Waals surface area contributed by atoms with E-state index in [1.807, 2.05) is 36.4 Å². The van der Waals surface area contributed by atoms with Crippen molar-refractivity contribution >= 4 is 64.2 Å². The Morgan fingerprint density at radius 2 is 1.02 bits per heavy atom. The topological polar surface area (TPSA) is 51.8 Å². The summed E-state index contributed by atoms with van der Waals surface area (Å²) in [6.07, 6.45) is 0. The molecule has 3 heterocycles. The Balaban J connectivity index is 1.24. The number of furan rings is 1. The molecule has 0 saturated carbocycles. The van der Waals surface area contributed by atoms with Crippen molar-refractivity contribution in [2.75, 3.05) is 0 Å². The summed E-state index contributed by atoms with van der Waals surface area (Å²) in [5.74, 6) is 1.89. The first-order chi connectivity index (χ1) is 23.8. The molecule has 4 nitrogen and oxygen atoms in total. The molecule has 0 unspecified atom stereocenters. The lowest BCUT2D eigenvalue weighted by atomic mass is 9.99. The Labute approximate surface area is 279 Å². The van der Waals surface area contributed by atoms with Gasteiger partial charge in [-0.25, -0.2) is 15.0 Å². The summed E-state index contributed by atoms with van der Waals surface area (Å²) in [6.45, 7) is 0. The summed E-state index contributed by atoms with van der Waals surface area (Å²) in [6, 6.07) is 52.7. The number of nitrogens with zero attached hydrogens (tertiary/aromatic N) is 3. The minimum absolute atomic E-state index is 0.613. The highest BCUT2D eigenvalue weighted by Crippen LogP contribution is 2.41. The molecule has 0 aliphatic heterocycles. The van der Waals surface area contributed by atoms with Crippen molar-refractivity contribution in [3.63, 3.8) is 0 Å². The highest BCUT2D eigenvalue weighted by Gasteiger charge is 2.20. The predicted octanol–water partition coefficient (Wildman–Crippen LogP) is 12.0. The van der Waals surface area contributed by atoms with E-state index in [-0.39, 0.29) is 0 Å². The van der Waals surface area contributed by atoms with Crippen LogP contribution in [0.1, 0.15) is 0 Å². The second-order valence-electron chi connectivity index (χ2n) is 12.0. The molecule has 3 aromatic heterocycles. The Morgan fingerprint density at radius 3 is 1.88 bits per heavy atom. The van der Waals surface area contributed by atoms with Crippen LogP contribution in [0.3, 0.4) is 0 Å². The third-order valence-electron chi connectivity index (χ3n) is 9.13. The second-order valence-corrected chi connectivity index (χ2v) is 13.1. The first-order valence-electron chi connectivity index (χ1n) is 15.9. The normalized spacial score (nSPS) is 11.8. The quantitative estimate of drug-likeness (QED) is 0.194. The van der Waals surface area contributed by atoms with Gasteiger partial charge in [0.25, 0.3) is 0 Å². The molecule has 0 fully saturated rings. The molecule has 224 valence electrons. The Bertz CT molecular complexity index is 2720. The van der Waals surface area contributed by atoms with E-state index in [2.05, 4.69) is 115 Å². The van der Waals surface area contributed by atoms with Crippen LogP contribution in [0.25, 0.3) is 98.2 Å². The van der Waals surface area contributed by atoms with Crippen molar-refractivity contribution in [3.8, 4) is 45.3 Å². The molecule has 5 heteroatoms. The van der Waals surface area contributed by atoms with Crippen LogP contribution >= 0.6 is 11.3 Å². The fourth-order valence-corrected chi connectivity index (χ4v) is 8.00. The summed E-state index contributed by atoms with van der Waals surface area (Å²) in [5.41, 5.74) is 6.85. The molecule has 0 atom stereocenters. The lowest BCUT2D eigenvalue weighted by Gasteiger charge is -2.11. The minimum atomic E-state index is 0.613. The van der Waals surface area contributed by atoms with E-state index < -0.39 is 0 Å². The van der Waals surface area contributed by atoms with Gasteiger partial charge in [-0.2, -0.15) is 0 Å². The zero-order valence-electron chi connectivity index (χ0n) is 25.6. The van der Waals surface area contributed by atoms with Crippen LogP contribution in [0.5, 0.6) is 0 Å². The lowest BCUT2D eigenvalue weighted by Crippen LogP contribution is -2.00. The van der Waals surface area contributed by atoms with E-state index in [9.17, 15) is 0 Å². The average Bonchev–Trinajstić information content (AvgIpc) is 3.73. The fraction of sp³-hybridized carbons (Fsp3) is 0. The van der Waals surface area contributed by atoms with Crippen LogP contribution in [-0.4, -0.2) is 15.0 Å². The van der Waals surface area contributed by atoms with Gasteiger partial charge in [-0.15, -0.1) is 11.3 Å². The maximum absolute atomic E-state index is 6.27. The summed E-state index contributed by atoms with van der Waals surface area (Å²) >= 11 is 1.79. The second kappa shape index (κ2) is 10.7. The van der Waals surface area contributed by atoms with E-state index in [1.54, 1.807) is 11.3 Å². The van der Waals surface area contributed by atoms with E-state index in [1.165, 1.54) is 31.3 Å². The summed E-state index contributed by atoms with van der Waals surface area (Å²) in [7, 11) is 0. The predicted molar refractivity (Wildman–Crippen MR) is 199 cm³/mol. The van der Waals surface area contributed by atoms with Gasteiger partial charge in [0.05, 0.1) is 0 Å². The average molecular weight is 632 g/mol. The van der Waals surface area contributed by atoms with Crippen LogP contribution in [0.2, 0.25) is 0 Å². The van der Waals surface area contributed by atoms with Crippen molar-refractivity contribution in [2.45, 2.75) is 0 Å². The van der Waals surface area contributed by atoms with E-state index >= 15 is 0 Å². The lowest BCUT2D eigenvalue weighted by molar-refractivity contribution is 0.669. The molecule has 0 radical (unpaired) electrons. The Kier molecular flexibility index (Phi) is 6.01. The smallest absolute Gasteiger partial charge is 0.164 e. The zero-order valence-corrected chi connectivity index (χ0v) is 26.4. The third kappa shape index (κ3) is 4.33. The van der Waals surface area contributed by atoms with Gasteiger partial charge in [-0.05, 0) is 58.3 Å². The number of thiophene rings is 1. The Hall–Kier alpha value is -6.17. The van der Waals surface area contributed by atoms with Crippen LogP contribution in [0.15, 0.2) is 156 Å². The van der Waals surface area contributed by atoms with Crippen LogP contribution in [-0.2, 0) is 0 Å². The third-order valence-corrected chi connectivity index (χ3v) is 10.3. The van der Waals surface area contributed by atoms with Gasteiger partial charge in [-0.3, -0.25) is 0 Å². The van der Waals surface area contributed by atoms with Crippen molar-refractivity contribution in [3.05, 3.63) is 152 Å². The summed E-state index contributed by atoms with van der Waals surface area (Å²) < 4.78 is 8.72. The van der Waals surface area contributed by atoms with E-state index in [0.29, 0.717) is 17.5 Å². The maximum atomic E-state index is 6.27. The number of rotatable bonds is 4. The van der Waals surface area contributed by atoms with Gasteiger partial charge >= 0.3 is 0 Å². The minimum Gasteiger partial charge on any atom is -0.456 e. The molecule has 7 aromatic carbocycles. The van der Waals surface area contributed by atoms with Gasteiger partial charge in [0, 0.05) is 47.6 Å². The molecule has 0 aliphatic carbocycles. The molecular formula is C43H25N3OS. The highest BCUT2D eigenvalue weighted by molar-refractivity contribution is 7.25. The monoisotopic (exact) mass is 631 g/mol. The first kappa shape index (κ1) is 27.0. The zero-order chi connectivity index (χ0) is 31.6. The number of benzene rings is 7. The standard InChI is InChI=1S/C43H25N3OS/c1-2-10-26(11-3-1)28-22-20-27-21-23-29(25-30(27)24-28)41-44-42(33-14-8-17-36-39(33)31-12-4-6-16-35(31)47-36)46-43(45-41)34-15-9-19-38-40(34)32-13-5-7-18-37(32)48-38/h1-25H. The number of hydrogen-bond acceptors (Lipinski definition) is 5. The van der Waals surface area contributed by atoms with Gasteiger partial charge in [0.1, 0.15) is 11.2 Å². The van der Waals surface area contributed by atoms with Crippen molar-refractivity contribution in [1.29, 1.82) is 0 Å². The van der Waals surface area contributed by atoms with E-state index in [0.717, 1.165) is 49.4 Å². The number of fused-ring (bicyclic) bond motifs is 7. The highest BCUT2D eigenvalue weighted by atomic mass is 32.1. The molecule has 0 amide bonds. The number of aromatic nitrogens is 3. The maximum Gasteiger partial charge on any atom is 0.164 e. The molecule has 48 heavy (non-hydrogen) atoms.